The third-order valence-electron chi connectivity index (χ3n) is 5.67. The monoisotopic (exact) mass is 265 g/mol. The summed E-state index contributed by atoms with van der Waals surface area (Å²) < 4.78 is 0. The molecule has 0 aromatic heterocycles. The van der Waals surface area contributed by atoms with E-state index in [1.54, 1.807) is 0 Å². The average Bonchev–Trinajstić information content (AvgIpc) is 2.93. The molecular formula is C16H31N3. The number of hydrogen-bond acceptors (Lipinski definition) is 3. The van der Waals surface area contributed by atoms with E-state index in [0.717, 1.165) is 18.0 Å². The molecule has 3 fully saturated rings. The van der Waals surface area contributed by atoms with Crippen molar-refractivity contribution in [1.82, 2.24) is 15.1 Å². The maximum atomic E-state index is 3.49. The molecule has 0 aromatic carbocycles. The fraction of sp³-hybridized carbons (Fsp3) is 1.00. The number of rotatable bonds is 4. The number of piperidine rings is 2. The van der Waals surface area contributed by atoms with Gasteiger partial charge in [0.1, 0.15) is 0 Å². The van der Waals surface area contributed by atoms with Gasteiger partial charge in [-0.05, 0) is 77.2 Å². The van der Waals surface area contributed by atoms with E-state index in [9.17, 15) is 0 Å². The highest BCUT2D eigenvalue weighted by atomic mass is 15.2. The van der Waals surface area contributed by atoms with Crippen molar-refractivity contribution in [3.8, 4) is 0 Å². The minimum absolute atomic E-state index is 0.874. The highest BCUT2D eigenvalue weighted by Crippen LogP contribution is 2.30. The van der Waals surface area contributed by atoms with E-state index in [-0.39, 0.29) is 0 Å². The SMILES string of the molecule is CCN(CC1CCNCC1)C1CCN2CCCC2C1. The molecule has 3 aliphatic heterocycles. The standard InChI is InChI=1S/C16H31N3/c1-2-18(13-14-5-8-17-9-6-14)16-7-11-19-10-3-4-15(19)12-16/h14-17H,2-13H2,1H3. The van der Waals surface area contributed by atoms with Crippen LogP contribution in [0.3, 0.4) is 0 Å². The molecule has 0 bridgehead atoms. The van der Waals surface area contributed by atoms with Gasteiger partial charge < -0.3 is 15.1 Å². The van der Waals surface area contributed by atoms with Gasteiger partial charge in [0.15, 0.2) is 0 Å². The summed E-state index contributed by atoms with van der Waals surface area (Å²) in [5, 5.41) is 3.49. The minimum atomic E-state index is 0.874. The van der Waals surface area contributed by atoms with E-state index in [2.05, 4.69) is 22.0 Å². The molecule has 0 spiro atoms. The zero-order valence-electron chi connectivity index (χ0n) is 12.6. The maximum absolute atomic E-state index is 3.49. The molecule has 0 amide bonds. The second-order valence-corrected chi connectivity index (χ2v) is 6.79. The quantitative estimate of drug-likeness (QED) is 0.838. The Hall–Kier alpha value is -0.120. The van der Waals surface area contributed by atoms with Crippen LogP contribution in [0.15, 0.2) is 0 Å². The minimum Gasteiger partial charge on any atom is -0.317 e. The predicted octanol–water partition coefficient (Wildman–Crippen LogP) is 1.93. The Labute approximate surface area is 118 Å². The maximum Gasteiger partial charge on any atom is 0.0122 e. The van der Waals surface area contributed by atoms with Crippen molar-refractivity contribution in [2.75, 3.05) is 39.3 Å². The molecular weight excluding hydrogens is 234 g/mol. The molecule has 3 rings (SSSR count). The van der Waals surface area contributed by atoms with E-state index in [0.29, 0.717) is 0 Å². The van der Waals surface area contributed by atoms with Crippen molar-refractivity contribution in [3.63, 3.8) is 0 Å². The molecule has 19 heavy (non-hydrogen) atoms. The second kappa shape index (κ2) is 6.55. The molecule has 0 saturated carbocycles. The van der Waals surface area contributed by atoms with Crippen molar-refractivity contribution >= 4 is 0 Å². The number of nitrogens with zero attached hydrogens (tertiary/aromatic N) is 2. The van der Waals surface area contributed by atoms with Crippen LogP contribution in [0.4, 0.5) is 0 Å². The first-order chi connectivity index (χ1) is 9.36. The molecule has 2 unspecified atom stereocenters. The van der Waals surface area contributed by atoms with Gasteiger partial charge in [-0.1, -0.05) is 6.92 Å². The van der Waals surface area contributed by atoms with Crippen LogP contribution in [0.2, 0.25) is 0 Å². The fourth-order valence-corrected chi connectivity index (χ4v) is 4.47. The molecule has 3 heterocycles. The Morgan fingerprint density at radius 3 is 2.74 bits per heavy atom. The van der Waals surface area contributed by atoms with Crippen LogP contribution in [0.5, 0.6) is 0 Å². The van der Waals surface area contributed by atoms with Crippen molar-refractivity contribution in [2.24, 2.45) is 5.92 Å². The molecule has 0 radical (unpaired) electrons. The summed E-state index contributed by atoms with van der Waals surface area (Å²) in [6.45, 7) is 10.2. The van der Waals surface area contributed by atoms with E-state index in [1.807, 2.05) is 0 Å². The van der Waals surface area contributed by atoms with Gasteiger partial charge in [0, 0.05) is 18.6 Å². The van der Waals surface area contributed by atoms with Crippen LogP contribution in [0, 0.1) is 5.92 Å². The molecule has 0 aliphatic carbocycles. The van der Waals surface area contributed by atoms with Crippen LogP contribution in [0.25, 0.3) is 0 Å². The highest BCUT2D eigenvalue weighted by molar-refractivity contribution is 4.90. The molecule has 0 aromatic rings. The van der Waals surface area contributed by atoms with E-state index >= 15 is 0 Å². The first kappa shape index (κ1) is 13.8. The summed E-state index contributed by atoms with van der Waals surface area (Å²) in [6.07, 6.45) is 8.53. The van der Waals surface area contributed by atoms with Gasteiger partial charge in [0.05, 0.1) is 0 Å². The van der Waals surface area contributed by atoms with Crippen LogP contribution in [-0.4, -0.2) is 61.2 Å². The van der Waals surface area contributed by atoms with Crippen molar-refractivity contribution < 1.29 is 0 Å². The Kier molecular flexibility index (Phi) is 4.78. The topological polar surface area (TPSA) is 18.5 Å². The zero-order valence-corrected chi connectivity index (χ0v) is 12.6. The summed E-state index contributed by atoms with van der Waals surface area (Å²) in [4.78, 5) is 5.56. The van der Waals surface area contributed by atoms with Crippen LogP contribution in [0.1, 0.15) is 45.4 Å². The lowest BCUT2D eigenvalue weighted by Crippen LogP contribution is -2.49. The van der Waals surface area contributed by atoms with Crippen LogP contribution in [-0.2, 0) is 0 Å². The van der Waals surface area contributed by atoms with Crippen LogP contribution < -0.4 is 5.32 Å². The number of hydrogen-bond donors (Lipinski definition) is 1. The zero-order chi connectivity index (χ0) is 13.1. The molecule has 110 valence electrons. The Morgan fingerprint density at radius 2 is 1.95 bits per heavy atom. The molecule has 1 N–H and O–H groups in total. The van der Waals surface area contributed by atoms with Crippen molar-refractivity contribution in [3.05, 3.63) is 0 Å². The second-order valence-electron chi connectivity index (χ2n) is 6.79. The van der Waals surface area contributed by atoms with Gasteiger partial charge in [0.2, 0.25) is 0 Å². The smallest absolute Gasteiger partial charge is 0.0122 e. The predicted molar refractivity (Wildman–Crippen MR) is 80.5 cm³/mol. The largest absolute Gasteiger partial charge is 0.317 e. The summed E-state index contributed by atoms with van der Waals surface area (Å²) in [5.41, 5.74) is 0. The van der Waals surface area contributed by atoms with Gasteiger partial charge in [0.25, 0.3) is 0 Å². The molecule has 3 aliphatic rings. The van der Waals surface area contributed by atoms with Gasteiger partial charge in [-0.3, -0.25) is 0 Å². The Morgan fingerprint density at radius 1 is 1.11 bits per heavy atom. The summed E-state index contributed by atoms with van der Waals surface area (Å²) in [5.74, 6) is 0.947. The van der Waals surface area contributed by atoms with Crippen LogP contribution >= 0.6 is 0 Å². The summed E-state index contributed by atoms with van der Waals surface area (Å²) in [6, 6.07) is 1.79. The molecule has 3 nitrogen and oxygen atoms in total. The first-order valence-electron chi connectivity index (χ1n) is 8.55. The van der Waals surface area contributed by atoms with E-state index in [1.165, 1.54) is 77.8 Å². The number of nitrogens with one attached hydrogen (secondary N) is 1. The third kappa shape index (κ3) is 3.32. The van der Waals surface area contributed by atoms with Crippen molar-refractivity contribution in [2.45, 2.75) is 57.5 Å². The van der Waals surface area contributed by atoms with E-state index in [4.69, 9.17) is 0 Å². The molecule has 3 heteroatoms. The molecule has 3 saturated heterocycles. The average molecular weight is 265 g/mol. The van der Waals surface area contributed by atoms with Crippen molar-refractivity contribution in [1.29, 1.82) is 0 Å². The van der Waals surface area contributed by atoms with E-state index < -0.39 is 0 Å². The summed E-state index contributed by atoms with van der Waals surface area (Å²) >= 11 is 0. The third-order valence-corrected chi connectivity index (χ3v) is 5.67. The fourth-order valence-electron chi connectivity index (χ4n) is 4.47. The van der Waals surface area contributed by atoms with Gasteiger partial charge in [-0.15, -0.1) is 0 Å². The Bertz CT molecular complexity index is 275. The molecule has 2 atom stereocenters. The first-order valence-corrected chi connectivity index (χ1v) is 8.55. The lowest BCUT2D eigenvalue weighted by Gasteiger charge is -2.42. The summed E-state index contributed by atoms with van der Waals surface area (Å²) in [7, 11) is 0. The lowest BCUT2D eigenvalue weighted by molar-refractivity contribution is 0.0756. The normalized spacial score (nSPS) is 33.8. The highest BCUT2D eigenvalue weighted by Gasteiger charge is 2.34. The Balaban J connectivity index is 1.52. The number of fused-ring (bicyclic) bond motifs is 1. The van der Waals surface area contributed by atoms with Gasteiger partial charge in [-0.2, -0.15) is 0 Å². The van der Waals surface area contributed by atoms with Gasteiger partial charge >= 0.3 is 0 Å². The van der Waals surface area contributed by atoms with Gasteiger partial charge in [-0.25, -0.2) is 0 Å². The lowest BCUT2D eigenvalue weighted by atomic mass is 9.93.